The van der Waals surface area contributed by atoms with E-state index < -0.39 is 0 Å². The first-order chi connectivity index (χ1) is 6.63. The number of likely N-dealkylation sites (tertiary alicyclic amines) is 1. The summed E-state index contributed by atoms with van der Waals surface area (Å²) in [4.78, 5) is 13.6. The van der Waals surface area contributed by atoms with Gasteiger partial charge in [-0.1, -0.05) is 6.42 Å². The molecule has 0 aromatic rings. The summed E-state index contributed by atoms with van der Waals surface area (Å²) >= 11 is 0. The van der Waals surface area contributed by atoms with Gasteiger partial charge >= 0.3 is 0 Å². The van der Waals surface area contributed by atoms with Crippen LogP contribution in [0.1, 0.15) is 39.0 Å². The molecule has 2 rings (SSSR count). The molecule has 0 aromatic carbocycles. The van der Waals surface area contributed by atoms with Gasteiger partial charge in [0.2, 0.25) is 5.91 Å². The Hall–Kier alpha value is -0.570. The van der Waals surface area contributed by atoms with Gasteiger partial charge < -0.3 is 10.6 Å². The lowest BCUT2D eigenvalue weighted by atomic mass is 9.63. The number of hydrogen-bond donors (Lipinski definition) is 1. The molecule has 2 fully saturated rings. The third-order valence-corrected chi connectivity index (χ3v) is 3.94. The van der Waals surface area contributed by atoms with Gasteiger partial charge in [-0.05, 0) is 38.0 Å². The van der Waals surface area contributed by atoms with E-state index in [0.717, 1.165) is 13.1 Å². The summed E-state index contributed by atoms with van der Waals surface area (Å²) in [7, 11) is 0. The Bertz CT molecular complexity index is 223. The summed E-state index contributed by atoms with van der Waals surface area (Å²) in [6.07, 6.45) is 6.55. The van der Waals surface area contributed by atoms with E-state index in [9.17, 15) is 4.79 Å². The van der Waals surface area contributed by atoms with Crippen LogP contribution in [0.4, 0.5) is 0 Å². The predicted octanol–water partition coefficient (Wildman–Crippen LogP) is 1.13. The molecule has 14 heavy (non-hydrogen) atoms. The van der Waals surface area contributed by atoms with E-state index in [0.29, 0.717) is 5.41 Å². The van der Waals surface area contributed by atoms with Crippen LogP contribution in [0.5, 0.6) is 0 Å². The largest absolute Gasteiger partial charge is 0.341 e. The first kappa shape index (κ1) is 9.97. The highest BCUT2D eigenvalue weighted by Gasteiger charge is 2.40. The highest BCUT2D eigenvalue weighted by Crippen LogP contribution is 2.48. The predicted molar refractivity (Wildman–Crippen MR) is 55.7 cm³/mol. The van der Waals surface area contributed by atoms with Crippen molar-refractivity contribution >= 4 is 5.91 Å². The quantitative estimate of drug-likeness (QED) is 0.683. The maximum atomic E-state index is 11.6. The average Bonchev–Trinajstić information content (AvgIpc) is 2.14. The Labute approximate surface area is 85.6 Å². The van der Waals surface area contributed by atoms with Crippen molar-refractivity contribution in [1.82, 2.24) is 4.90 Å². The molecule has 1 saturated carbocycles. The molecule has 80 valence electrons. The number of amides is 1. The molecule has 1 unspecified atom stereocenters. The fourth-order valence-electron chi connectivity index (χ4n) is 2.67. The van der Waals surface area contributed by atoms with Crippen molar-refractivity contribution in [2.75, 3.05) is 13.1 Å². The third kappa shape index (κ3) is 1.65. The van der Waals surface area contributed by atoms with Crippen LogP contribution < -0.4 is 5.73 Å². The van der Waals surface area contributed by atoms with E-state index >= 15 is 0 Å². The van der Waals surface area contributed by atoms with E-state index in [1.54, 1.807) is 6.92 Å². The normalized spacial score (nSPS) is 27.1. The second-order valence-electron chi connectivity index (χ2n) is 4.97. The minimum atomic E-state index is -0.328. The molecule has 1 saturated heterocycles. The lowest BCUT2D eigenvalue weighted by Gasteiger charge is -2.48. The van der Waals surface area contributed by atoms with Gasteiger partial charge in [0, 0.05) is 13.1 Å². The highest BCUT2D eigenvalue weighted by atomic mass is 16.2. The number of hydrogen-bond acceptors (Lipinski definition) is 2. The average molecular weight is 196 g/mol. The van der Waals surface area contributed by atoms with Gasteiger partial charge in [0.05, 0.1) is 6.04 Å². The Balaban J connectivity index is 1.86. The SMILES string of the molecule is CC(N)C(=O)N1CCC2(CCC2)CC1. The zero-order valence-corrected chi connectivity index (χ0v) is 8.96. The molecule has 0 aromatic heterocycles. The molecule has 2 N–H and O–H groups in total. The lowest BCUT2D eigenvalue weighted by Crippen LogP contribution is -2.50. The molecule has 1 aliphatic heterocycles. The van der Waals surface area contributed by atoms with Crippen molar-refractivity contribution in [1.29, 1.82) is 0 Å². The fraction of sp³-hybridized carbons (Fsp3) is 0.909. The van der Waals surface area contributed by atoms with Crippen molar-refractivity contribution in [3.63, 3.8) is 0 Å². The number of nitrogens with two attached hydrogens (primary N) is 1. The van der Waals surface area contributed by atoms with Crippen LogP contribution >= 0.6 is 0 Å². The molecule has 1 amide bonds. The van der Waals surface area contributed by atoms with Gasteiger partial charge in [0.1, 0.15) is 0 Å². The van der Waals surface area contributed by atoms with E-state index in [4.69, 9.17) is 5.73 Å². The van der Waals surface area contributed by atoms with Crippen LogP contribution in [0, 0.1) is 5.41 Å². The number of nitrogens with zero attached hydrogens (tertiary/aromatic N) is 1. The molecular formula is C11H20N2O. The molecule has 0 bridgehead atoms. The Morgan fingerprint density at radius 2 is 1.86 bits per heavy atom. The molecular weight excluding hydrogens is 176 g/mol. The van der Waals surface area contributed by atoms with Crippen LogP contribution in [0.15, 0.2) is 0 Å². The summed E-state index contributed by atoms with van der Waals surface area (Å²) in [6, 6.07) is -0.328. The van der Waals surface area contributed by atoms with Crippen LogP contribution in [0.25, 0.3) is 0 Å². The molecule has 3 nitrogen and oxygen atoms in total. The number of piperidine rings is 1. The third-order valence-electron chi connectivity index (χ3n) is 3.94. The van der Waals surface area contributed by atoms with E-state index in [1.807, 2.05) is 4.90 Å². The van der Waals surface area contributed by atoms with Gasteiger partial charge in [-0.15, -0.1) is 0 Å². The maximum absolute atomic E-state index is 11.6. The van der Waals surface area contributed by atoms with Gasteiger partial charge in [0.15, 0.2) is 0 Å². The van der Waals surface area contributed by atoms with E-state index in [-0.39, 0.29) is 11.9 Å². The summed E-state index contributed by atoms with van der Waals surface area (Å²) in [5, 5.41) is 0. The molecule has 1 atom stereocenters. The Morgan fingerprint density at radius 3 is 2.21 bits per heavy atom. The standard InChI is InChI=1S/C11H20N2O/c1-9(12)10(14)13-7-5-11(6-8-13)3-2-4-11/h9H,2-8,12H2,1H3. The number of carbonyl (C=O) groups excluding carboxylic acids is 1. The van der Waals surface area contributed by atoms with Crippen LogP contribution in [0.3, 0.4) is 0 Å². The Kier molecular flexibility index (Phi) is 2.52. The first-order valence-corrected chi connectivity index (χ1v) is 5.67. The zero-order valence-electron chi connectivity index (χ0n) is 8.96. The van der Waals surface area contributed by atoms with Gasteiger partial charge in [-0.25, -0.2) is 0 Å². The summed E-state index contributed by atoms with van der Waals surface area (Å²) < 4.78 is 0. The molecule has 1 heterocycles. The smallest absolute Gasteiger partial charge is 0.239 e. The first-order valence-electron chi connectivity index (χ1n) is 5.67. The lowest BCUT2D eigenvalue weighted by molar-refractivity contribution is -0.135. The minimum absolute atomic E-state index is 0.124. The van der Waals surface area contributed by atoms with Crippen molar-refractivity contribution in [3.8, 4) is 0 Å². The van der Waals surface area contributed by atoms with Crippen LogP contribution in [-0.2, 0) is 4.79 Å². The number of rotatable bonds is 1. The van der Waals surface area contributed by atoms with Crippen LogP contribution in [0.2, 0.25) is 0 Å². The van der Waals surface area contributed by atoms with Gasteiger partial charge in [0.25, 0.3) is 0 Å². The van der Waals surface area contributed by atoms with Crippen LogP contribution in [-0.4, -0.2) is 29.9 Å². The summed E-state index contributed by atoms with van der Waals surface area (Å²) in [5.41, 5.74) is 6.21. The molecule has 2 aliphatic rings. The van der Waals surface area contributed by atoms with Gasteiger partial charge in [-0.3, -0.25) is 4.79 Å². The molecule has 3 heteroatoms. The van der Waals surface area contributed by atoms with Crippen molar-refractivity contribution in [3.05, 3.63) is 0 Å². The summed E-state index contributed by atoms with van der Waals surface area (Å²) in [5.74, 6) is 0.124. The molecule has 1 aliphatic carbocycles. The van der Waals surface area contributed by atoms with Crippen molar-refractivity contribution in [2.24, 2.45) is 11.1 Å². The topological polar surface area (TPSA) is 46.3 Å². The van der Waals surface area contributed by atoms with E-state index in [1.165, 1.54) is 32.1 Å². The maximum Gasteiger partial charge on any atom is 0.239 e. The Morgan fingerprint density at radius 1 is 1.29 bits per heavy atom. The summed E-state index contributed by atoms with van der Waals surface area (Å²) in [6.45, 7) is 3.64. The van der Waals surface area contributed by atoms with Crippen molar-refractivity contribution < 1.29 is 4.79 Å². The minimum Gasteiger partial charge on any atom is -0.341 e. The molecule has 0 radical (unpaired) electrons. The van der Waals surface area contributed by atoms with E-state index in [2.05, 4.69) is 0 Å². The second-order valence-corrected chi connectivity index (χ2v) is 4.97. The van der Waals surface area contributed by atoms with Gasteiger partial charge in [-0.2, -0.15) is 0 Å². The molecule has 1 spiro atoms. The number of carbonyl (C=O) groups is 1. The second kappa shape index (κ2) is 3.54. The monoisotopic (exact) mass is 196 g/mol. The highest BCUT2D eigenvalue weighted by molar-refractivity contribution is 5.81. The van der Waals surface area contributed by atoms with Crippen molar-refractivity contribution in [2.45, 2.75) is 45.1 Å². The zero-order chi connectivity index (χ0) is 10.2. The fourth-order valence-corrected chi connectivity index (χ4v) is 2.67.